The van der Waals surface area contributed by atoms with Crippen molar-refractivity contribution in [1.29, 1.82) is 0 Å². The van der Waals surface area contributed by atoms with E-state index in [-0.39, 0.29) is 5.92 Å². The van der Waals surface area contributed by atoms with E-state index < -0.39 is 0 Å². The first-order valence-electron chi connectivity index (χ1n) is 5.32. The summed E-state index contributed by atoms with van der Waals surface area (Å²) in [6, 6.07) is 5.62. The number of hydrogen-bond donors (Lipinski definition) is 2. The second-order valence-corrected chi connectivity index (χ2v) is 4.36. The fourth-order valence-electron chi connectivity index (χ4n) is 1.62. The molecule has 0 aliphatic rings. The Balaban J connectivity index is 2.88. The third-order valence-corrected chi connectivity index (χ3v) is 2.51. The van der Waals surface area contributed by atoms with Gasteiger partial charge in [-0.15, -0.1) is 0 Å². The van der Waals surface area contributed by atoms with Crippen molar-refractivity contribution in [3.05, 3.63) is 29.3 Å². The van der Waals surface area contributed by atoms with Crippen LogP contribution in [0, 0.1) is 0 Å². The zero-order chi connectivity index (χ0) is 12.1. The van der Waals surface area contributed by atoms with E-state index in [1.165, 1.54) is 0 Å². The monoisotopic (exact) mass is 224 g/mol. The van der Waals surface area contributed by atoms with Gasteiger partial charge in [-0.3, -0.25) is 0 Å². The summed E-state index contributed by atoms with van der Waals surface area (Å²) in [6.07, 6.45) is 0. The molecule has 0 saturated carbocycles. The van der Waals surface area contributed by atoms with Crippen molar-refractivity contribution >= 4 is 0 Å². The van der Waals surface area contributed by atoms with E-state index in [1.54, 1.807) is 6.07 Å². The summed E-state index contributed by atoms with van der Waals surface area (Å²) < 4.78 is 0. The molecule has 0 spiro atoms. The molecule has 4 heteroatoms. The molecule has 0 aliphatic heterocycles. The Bertz CT molecular complexity index is 340. The lowest BCUT2D eigenvalue weighted by molar-refractivity contribution is 0.126. The molecule has 4 nitrogen and oxygen atoms in total. The molecule has 1 rings (SSSR count). The van der Waals surface area contributed by atoms with Gasteiger partial charge in [0.05, 0.1) is 6.61 Å². The van der Waals surface area contributed by atoms with Crippen LogP contribution in [-0.2, 0) is 11.4 Å². The van der Waals surface area contributed by atoms with E-state index in [1.807, 2.05) is 38.1 Å². The number of nitrogens with zero attached hydrogens (tertiary/aromatic N) is 1. The van der Waals surface area contributed by atoms with Crippen molar-refractivity contribution in [3.63, 3.8) is 0 Å². The molecule has 0 aliphatic carbocycles. The highest BCUT2D eigenvalue weighted by Crippen LogP contribution is 2.24. The molecule has 1 aromatic carbocycles. The van der Waals surface area contributed by atoms with Crippen LogP contribution in [0.2, 0.25) is 0 Å². The lowest BCUT2D eigenvalue weighted by atomic mass is 9.99. The van der Waals surface area contributed by atoms with Gasteiger partial charge in [0.25, 0.3) is 0 Å². The minimum atomic E-state index is 0.228. The summed E-state index contributed by atoms with van der Waals surface area (Å²) in [5.41, 5.74) is 2.05. The first-order valence-corrected chi connectivity index (χ1v) is 5.32. The van der Waals surface area contributed by atoms with Crippen LogP contribution in [0.4, 0.5) is 0 Å². The Labute approximate surface area is 96.6 Å². The Hall–Kier alpha value is -1.10. The molecule has 0 aromatic heterocycles. The number of phenolic OH excluding ortho intramolecular Hbond substituents is 1. The molecule has 1 atom stereocenters. The zero-order valence-corrected chi connectivity index (χ0v) is 10.1. The van der Waals surface area contributed by atoms with Gasteiger partial charge < -0.3 is 14.8 Å². The van der Waals surface area contributed by atoms with Gasteiger partial charge in [-0.1, -0.05) is 19.1 Å². The van der Waals surface area contributed by atoms with Crippen LogP contribution in [0.25, 0.3) is 0 Å². The predicted octanol–water partition coefficient (Wildman–Crippen LogP) is 1.45. The van der Waals surface area contributed by atoms with Crippen LogP contribution in [0.1, 0.15) is 24.0 Å². The third-order valence-electron chi connectivity index (χ3n) is 2.51. The third kappa shape index (κ3) is 3.48. The van der Waals surface area contributed by atoms with Crippen LogP contribution in [0.5, 0.6) is 5.75 Å². The van der Waals surface area contributed by atoms with Gasteiger partial charge in [-0.2, -0.15) is 0 Å². The smallest absolute Gasteiger partial charge is 0.120 e. The summed E-state index contributed by atoms with van der Waals surface area (Å²) in [4.78, 5) is 6.65. The minimum Gasteiger partial charge on any atom is -0.508 e. The SMILES string of the molecule is CC(CON)c1ccc(O)c(CN(C)C)c1. The van der Waals surface area contributed by atoms with Gasteiger partial charge in [-0.05, 0) is 25.7 Å². The van der Waals surface area contributed by atoms with Gasteiger partial charge in [0, 0.05) is 18.0 Å². The molecule has 90 valence electrons. The quantitative estimate of drug-likeness (QED) is 0.743. The van der Waals surface area contributed by atoms with Gasteiger partial charge >= 0.3 is 0 Å². The van der Waals surface area contributed by atoms with Crippen molar-refractivity contribution in [2.75, 3.05) is 20.7 Å². The molecular weight excluding hydrogens is 204 g/mol. The van der Waals surface area contributed by atoms with Crippen LogP contribution < -0.4 is 5.90 Å². The van der Waals surface area contributed by atoms with Crippen molar-refractivity contribution < 1.29 is 9.94 Å². The maximum Gasteiger partial charge on any atom is 0.120 e. The van der Waals surface area contributed by atoms with Crippen molar-refractivity contribution in [3.8, 4) is 5.75 Å². The number of rotatable bonds is 5. The fraction of sp³-hybridized carbons (Fsp3) is 0.500. The number of hydrogen-bond acceptors (Lipinski definition) is 4. The average Bonchev–Trinajstić information content (AvgIpc) is 2.21. The molecule has 0 heterocycles. The minimum absolute atomic E-state index is 0.228. The number of nitrogens with two attached hydrogens (primary N) is 1. The normalized spacial score (nSPS) is 13.1. The molecule has 0 bridgehead atoms. The molecule has 16 heavy (non-hydrogen) atoms. The van der Waals surface area contributed by atoms with Crippen LogP contribution >= 0.6 is 0 Å². The molecule has 0 saturated heterocycles. The summed E-state index contributed by atoms with van der Waals surface area (Å²) >= 11 is 0. The van der Waals surface area contributed by atoms with E-state index in [0.717, 1.165) is 17.7 Å². The largest absolute Gasteiger partial charge is 0.508 e. The fourth-order valence-corrected chi connectivity index (χ4v) is 1.62. The number of benzene rings is 1. The average molecular weight is 224 g/mol. The Morgan fingerprint density at radius 2 is 2.12 bits per heavy atom. The van der Waals surface area contributed by atoms with E-state index in [4.69, 9.17) is 5.90 Å². The van der Waals surface area contributed by atoms with Gasteiger partial charge in [0.2, 0.25) is 0 Å². The van der Waals surface area contributed by atoms with E-state index in [2.05, 4.69) is 4.84 Å². The molecule has 0 amide bonds. The van der Waals surface area contributed by atoms with E-state index in [9.17, 15) is 5.11 Å². The van der Waals surface area contributed by atoms with Gasteiger partial charge in [-0.25, -0.2) is 5.90 Å². The Morgan fingerprint density at radius 3 is 2.69 bits per heavy atom. The highest BCUT2D eigenvalue weighted by Gasteiger charge is 2.09. The predicted molar refractivity (Wildman–Crippen MR) is 64.1 cm³/mol. The van der Waals surface area contributed by atoms with Gasteiger partial charge in [0.1, 0.15) is 5.75 Å². The highest BCUT2D eigenvalue weighted by molar-refractivity contribution is 5.37. The molecule has 0 fully saturated rings. The second-order valence-electron chi connectivity index (χ2n) is 4.36. The van der Waals surface area contributed by atoms with Crippen molar-refractivity contribution in [1.82, 2.24) is 4.90 Å². The molecular formula is C12H20N2O2. The maximum absolute atomic E-state index is 9.71. The lowest BCUT2D eigenvalue weighted by Gasteiger charge is -2.15. The molecule has 0 radical (unpaired) electrons. The standard InChI is InChI=1S/C12H20N2O2/c1-9(8-16-13)10-4-5-12(15)11(6-10)7-14(2)3/h4-6,9,15H,7-8,13H2,1-3H3. The maximum atomic E-state index is 9.71. The summed E-state index contributed by atoms with van der Waals surface area (Å²) in [7, 11) is 3.94. The molecule has 3 N–H and O–H groups in total. The zero-order valence-electron chi connectivity index (χ0n) is 10.1. The van der Waals surface area contributed by atoms with Crippen LogP contribution in [-0.4, -0.2) is 30.7 Å². The first-order chi connectivity index (χ1) is 7.54. The van der Waals surface area contributed by atoms with Gasteiger partial charge in [0.15, 0.2) is 0 Å². The lowest BCUT2D eigenvalue weighted by Crippen LogP contribution is -2.12. The van der Waals surface area contributed by atoms with Crippen molar-refractivity contribution in [2.24, 2.45) is 5.90 Å². The molecule has 1 aromatic rings. The number of phenols is 1. The first kappa shape index (κ1) is 13.0. The summed E-state index contributed by atoms with van der Waals surface area (Å²) in [5, 5.41) is 9.71. The Kier molecular flexibility index (Phi) is 4.73. The second kappa shape index (κ2) is 5.84. The van der Waals surface area contributed by atoms with Crippen LogP contribution in [0.15, 0.2) is 18.2 Å². The topological polar surface area (TPSA) is 58.7 Å². The van der Waals surface area contributed by atoms with E-state index >= 15 is 0 Å². The van der Waals surface area contributed by atoms with Crippen molar-refractivity contribution in [2.45, 2.75) is 19.4 Å². The van der Waals surface area contributed by atoms with E-state index in [0.29, 0.717) is 12.4 Å². The van der Waals surface area contributed by atoms with Crippen LogP contribution in [0.3, 0.4) is 0 Å². The Morgan fingerprint density at radius 1 is 1.44 bits per heavy atom. The summed E-state index contributed by atoms with van der Waals surface area (Å²) in [6.45, 7) is 3.24. The summed E-state index contributed by atoms with van der Waals surface area (Å²) in [5.74, 6) is 5.62. The highest BCUT2D eigenvalue weighted by atomic mass is 16.6. The number of aromatic hydroxyl groups is 1. The molecule has 1 unspecified atom stereocenters.